The fourth-order valence-electron chi connectivity index (χ4n) is 1.82. The molecule has 0 aliphatic heterocycles. The van der Waals surface area contributed by atoms with Gasteiger partial charge in [-0.2, -0.15) is 0 Å². The van der Waals surface area contributed by atoms with Crippen molar-refractivity contribution in [1.82, 2.24) is 20.4 Å². The lowest BCUT2D eigenvalue weighted by molar-refractivity contribution is 0.206. The summed E-state index contributed by atoms with van der Waals surface area (Å²) in [6.45, 7) is 6.64. The molecule has 0 radical (unpaired) electrons. The number of urea groups is 1. The van der Waals surface area contributed by atoms with Gasteiger partial charge in [0, 0.05) is 23.7 Å². The van der Waals surface area contributed by atoms with Gasteiger partial charge in [0.05, 0.1) is 23.8 Å². The number of carbonyl (C=O) groups is 1. The van der Waals surface area contributed by atoms with E-state index in [-0.39, 0.29) is 6.03 Å². The van der Waals surface area contributed by atoms with E-state index in [1.807, 2.05) is 20.8 Å². The summed E-state index contributed by atoms with van der Waals surface area (Å²) in [5, 5.41) is 7.75. The van der Waals surface area contributed by atoms with Crippen molar-refractivity contribution < 1.29 is 9.32 Å². The first-order valence-corrected chi connectivity index (χ1v) is 7.11. The zero-order chi connectivity index (χ0) is 14.7. The maximum absolute atomic E-state index is 12.0. The number of carbonyl (C=O) groups excluding carboxylic acids is 1. The van der Waals surface area contributed by atoms with E-state index in [1.165, 1.54) is 0 Å². The molecule has 0 aliphatic carbocycles. The van der Waals surface area contributed by atoms with E-state index in [0.717, 1.165) is 26.9 Å². The summed E-state index contributed by atoms with van der Waals surface area (Å²) < 4.78 is 5.09. The number of rotatable bonds is 4. The van der Waals surface area contributed by atoms with Crippen LogP contribution in [0.1, 0.15) is 26.9 Å². The van der Waals surface area contributed by atoms with Crippen molar-refractivity contribution in [1.29, 1.82) is 0 Å². The summed E-state index contributed by atoms with van der Waals surface area (Å²) in [6.07, 6.45) is 1.79. The van der Waals surface area contributed by atoms with Crippen LogP contribution in [0.2, 0.25) is 0 Å². The first kappa shape index (κ1) is 14.5. The van der Waals surface area contributed by atoms with Crippen LogP contribution in [-0.2, 0) is 13.1 Å². The second-order valence-corrected chi connectivity index (χ2v) is 5.98. The van der Waals surface area contributed by atoms with Crippen molar-refractivity contribution in [2.75, 3.05) is 7.05 Å². The molecule has 1 N–H and O–H groups in total. The predicted octanol–water partition coefficient (Wildman–Crippen LogP) is 2.40. The molecule has 0 atom stereocenters. The van der Waals surface area contributed by atoms with Crippen molar-refractivity contribution in [2.24, 2.45) is 0 Å². The smallest absolute Gasteiger partial charge is 0.317 e. The van der Waals surface area contributed by atoms with E-state index >= 15 is 0 Å². The standard InChI is InChI=1S/C13H18N4O2S/c1-8-12(9(2)19-16-8)7-17(4)13(18)15-6-11-5-14-10(3)20-11/h5H,6-7H2,1-4H3,(H,15,18). The highest BCUT2D eigenvalue weighted by Crippen LogP contribution is 2.14. The van der Waals surface area contributed by atoms with Gasteiger partial charge in [-0.05, 0) is 20.8 Å². The molecule has 7 heteroatoms. The number of nitrogens with one attached hydrogen (secondary N) is 1. The van der Waals surface area contributed by atoms with E-state index in [1.54, 1.807) is 29.5 Å². The van der Waals surface area contributed by atoms with Crippen molar-refractivity contribution >= 4 is 17.4 Å². The molecule has 0 unspecified atom stereocenters. The highest BCUT2D eigenvalue weighted by molar-refractivity contribution is 7.11. The van der Waals surface area contributed by atoms with E-state index in [2.05, 4.69) is 15.5 Å². The molecule has 0 aliphatic rings. The minimum Gasteiger partial charge on any atom is -0.361 e. The molecule has 0 bridgehead atoms. The molecule has 2 aromatic rings. The van der Waals surface area contributed by atoms with Gasteiger partial charge in [0.15, 0.2) is 0 Å². The van der Waals surface area contributed by atoms with E-state index in [0.29, 0.717) is 13.1 Å². The van der Waals surface area contributed by atoms with Gasteiger partial charge in [-0.1, -0.05) is 5.16 Å². The van der Waals surface area contributed by atoms with Crippen LogP contribution in [-0.4, -0.2) is 28.1 Å². The molecule has 108 valence electrons. The second-order valence-electron chi connectivity index (χ2n) is 4.66. The molecule has 0 spiro atoms. The lowest BCUT2D eigenvalue weighted by Crippen LogP contribution is -2.36. The minimum absolute atomic E-state index is 0.129. The van der Waals surface area contributed by atoms with Crippen molar-refractivity contribution in [2.45, 2.75) is 33.9 Å². The number of hydrogen-bond donors (Lipinski definition) is 1. The topological polar surface area (TPSA) is 71.3 Å². The average Bonchev–Trinajstić information content (AvgIpc) is 2.96. The number of aryl methyl sites for hydroxylation is 3. The first-order valence-electron chi connectivity index (χ1n) is 6.29. The third kappa shape index (κ3) is 3.36. The normalized spacial score (nSPS) is 10.6. The summed E-state index contributed by atoms with van der Waals surface area (Å²) in [6, 6.07) is -0.129. The molecule has 20 heavy (non-hydrogen) atoms. The van der Waals surface area contributed by atoms with Gasteiger partial charge in [-0.25, -0.2) is 9.78 Å². The number of aromatic nitrogens is 2. The fourth-order valence-corrected chi connectivity index (χ4v) is 2.56. The van der Waals surface area contributed by atoms with Crippen LogP contribution in [0.3, 0.4) is 0 Å². The van der Waals surface area contributed by atoms with Gasteiger partial charge >= 0.3 is 6.03 Å². The number of nitrogens with zero attached hydrogens (tertiary/aromatic N) is 3. The Kier molecular flexibility index (Phi) is 4.39. The molecular formula is C13H18N4O2S. The fraction of sp³-hybridized carbons (Fsp3) is 0.462. The molecule has 0 saturated heterocycles. The Bertz CT molecular complexity index is 586. The maximum Gasteiger partial charge on any atom is 0.317 e. The van der Waals surface area contributed by atoms with Gasteiger partial charge in [0.25, 0.3) is 0 Å². The highest BCUT2D eigenvalue weighted by Gasteiger charge is 2.15. The Balaban J connectivity index is 1.89. The Hall–Kier alpha value is -1.89. The lowest BCUT2D eigenvalue weighted by atomic mass is 10.2. The molecule has 2 heterocycles. The summed E-state index contributed by atoms with van der Waals surface area (Å²) in [5.41, 5.74) is 1.77. The molecule has 0 aromatic carbocycles. The number of thiazole rings is 1. The Morgan fingerprint density at radius 2 is 2.20 bits per heavy atom. The summed E-state index contributed by atoms with van der Waals surface area (Å²) in [5.74, 6) is 0.750. The van der Waals surface area contributed by atoms with Crippen LogP contribution in [0.4, 0.5) is 4.79 Å². The van der Waals surface area contributed by atoms with Crippen molar-refractivity contribution in [3.63, 3.8) is 0 Å². The monoisotopic (exact) mass is 294 g/mol. The van der Waals surface area contributed by atoms with E-state index < -0.39 is 0 Å². The second kappa shape index (κ2) is 6.04. The highest BCUT2D eigenvalue weighted by atomic mass is 32.1. The van der Waals surface area contributed by atoms with Gasteiger partial charge in [0.2, 0.25) is 0 Å². The third-order valence-corrected chi connectivity index (χ3v) is 3.92. The van der Waals surface area contributed by atoms with Crippen LogP contribution in [0.15, 0.2) is 10.7 Å². The summed E-state index contributed by atoms with van der Waals surface area (Å²) in [7, 11) is 1.75. The summed E-state index contributed by atoms with van der Waals surface area (Å²) >= 11 is 1.58. The maximum atomic E-state index is 12.0. The quantitative estimate of drug-likeness (QED) is 0.940. The number of hydrogen-bond acceptors (Lipinski definition) is 5. The molecule has 2 aromatic heterocycles. The SMILES string of the molecule is Cc1ncc(CNC(=O)N(C)Cc2c(C)noc2C)s1. The van der Waals surface area contributed by atoms with Gasteiger partial charge in [0.1, 0.15) is 5.76 Å². The van der Waals surface area contributed by atoms with Crippen LogP contribution < -0.4 is 5.32 Å². The summed E-state index contributed by atoms with van der Waals surface area (Å²) in [4.78, 5) is 18.8. The van der Waals surface area contributed by atoms with Crippen LogP contribution in [0, 0.1) is 20.8 Å². The molecule has 2 rings (SSSR count). The van der Waals surface area contributed by atoms with Gasteiger partial charge in [-0.3, -0.25) is 0 Å². The lowest BCUT2D eigenvalue weighted by Gasteiger charge is -2.17. The predicted molar refractivity (Wildman–Crippen MR) is 76.5 cm³/mol. The Morgan fingerprint density at radius 1 is 1.45 bits per heavy atom. The Morgan fingerprint density at radius 3 is 2.75 bits per heavy atom. The zero-order valence-corrected chi connectivity index (χ0v) is 12.9. The van der Waals surface area contributed by atoms with E-state index in [9.17, 15) is 4.79 Å². The molecule has 2 amide bonds. The van der Waals surface area contributed by atoms with Crippen LogP contribution >= 0.6 is 11.3 Å². The third-order valence-electron chi connectivity index (χ3n) is 3.01. The molecule has 6 nitrogen and oxygen atoms in total. The van der Waals surface area contributed by atoms with Crippen molar-refractivity contribution in [3.8, 4) is 0 Å². The van der Waals surface area contributed by atoms with Gasteiger partial charge in [-0.15, -0.1) is 11.3 Å². The van der Waals surface area contributed by atoms with Crippen molar-refractivity contribution in [3.05, 3.63) is 33.1 Å². The minimum atomic E-state index is -0.129. The molecular weight excluding hydrogens is 276 g/mol. The molecule has 0 fully saturated rings. The number of amides is 2. The Labute approximate surface area is 121 Å². The van der Waals surface area contributed by atoms with Gasteiger partial charge < -0.3 is 14.7 Å². The average molecular weight is 294 g/mol. The van der Waals surface area contributed by atoms with Crippen LogP contribution in [0.25, 0.3) is 0 Å². The van der Waals surface area contributed by atoms with Crippen LogP contribution in [0.5, 0.6) is 0 Å². The first-order chi connectivity index (χ1) is 9.47. The zero-order valence-electron chi connectivity index (χ0n) is 12.1. The van der Waals surface area contributed by atoms with E-state index in [4.69, 9.17) is 4.52 Å². The largest absolute Gasteiger partial charge is 0.361 e. The molecule has 0 saturated carbocycles.